The van der Waals surface area contributed by atoms with E-state index in [1.165, 1.54) is 38.5 Å². The molecule has 0 heterocycles. The van der Waals surface area contributed by atoms with Crippen molar-refractivity contribution in [1.29, 1.82) is 0 Å². The van der Waals surface area contributed by atoms with Gasteiger partial charge in [0, 0.05) is 26.1 Å². The van der Waals surface area contributed by atoms with Crippen molar-refractivity contribution in [3.8, 4) is 0 Å². The second kappa shape index (κ2) is 18.2. The van der Waals surface area contributed by atoms with E-state index in [2.05, 4.69) is 23.6 Å². The number of rotatable bonds is 16. The van der Waals surface area contributed by atoms with Crippen LogP contribution in [0, 0.1) is 0 Å². The highest BCUT2D eigenvalue weighted by Gasteiger charge is 1.96. The van der Waals surface area contributed by atoms with Gasteiger partial charge in [-0.3, -0.25) is 4.79 Å². The Morgan fingerprint density at radius 2 is 1.64 bits per heavy atom. The van der Waals surface area contributed by atoms with Crippen LogP contribution in [0.5, 0.6) is 0 Å². The van der Waals surface area contributed by atoms with Gasteiger partial charge in [0.2, 0.25) is 5.91 Å². The second-order valence-electron chi connectivity index (χ2n) is 5.76. The Bertz CT molecular complexity index is 268. The third kappa shape index (κ3) is 17.2. The van der Waals surface area contributed by atoms with Gasteiger partial charge in [0.1, 0.15) is 0 Å². The molecule has 0 bridgehead atoms. The first-order chi connectivity index (χ1) is 10.8. The number of hydrogen-bond acceptors (Lipinski definition) is 3. The summed E-state index contributed by atoms with van der Waals surface area (Å²) in [5.41, 5.74) is 0. The van der Waals surface area contributed by atoms with Gasteiger partial charge in [-0.05, 0) is 25.8 Å². The summed E-state index contributed by atoms with van der Waals surface area (Å²) in [6.45, 7) is 5.06. The van der Waals surface area contributed by atoms with Crippen molar-refractivity contribution in [3.05, 3.63) is 12.2 Å². The Morgan fingerprint density at radius 1 is 0.909 bits per heavy atom. The van der Waals surface area contributed by atoms with Crippen LogP contribution in [0.15, 0.2) is 12.2 Å². The summed E-state index contributed by atoms with van der Waals surface area (Å²) in [5.74, 6) is 0.110. The Hall–Kier alpha value is -0.870. The standard InChI is InChI=1S/C18H36N2O2/c1-2-3-4-7-10-13-18(22)20-16-15-19-14-11-8-5-6-9-12-17-21/h7,10,19,21H,2-6,8-9,11-17H2,1H3,(H,20,22)/b10-7+. The fourth-order valence-electron chi connectivity index (χ4n) is 2.19. The Balaban J connectivity index is 3.18. The van der Waals surface area contributed by atoms with Gasteiger partial charge in [0.25, 0.3) is 0 Å². The van der Waals surface area contributed by atoms with Crippen molar-refractivity contribution >= 4 is 5.91 Å². The molecule has 130 valence electrons. The zero-order chi connectivity index (χ0) is 16.3. The largest absolute Gasteiger partial charge is 0.396 e. The van der Waals surface area contributed by atoms with E-state index in [1.54, 1.807) is 0 Å². The van der Waals surface area contributed by atoms with Gasteiger partial charge in [0.05, 0.1) is 0 Å². The maximum absolute atomic E-state index is 11.5. The molecule has 0 rings (SSSR count). The molecule has 3 N–H and O–H groups in total. The lowest BCUT2D eigenvalue weighted by Gasteiger charge is -2.06. The number of unbranched alkanes of at least 4 members (excludes halogenated alkanes) is 7. The quantitative estimate of drug-likeness (QED) is 0.303. The zero-order valence-electron chi connectivity index (χ0n) is 14.4. The summed E-state index contributed by atoms with van der Waals surface area (Å²) in [4.78, 5) is 11.5. The molecule has 4 nitrogen and oxygen atoms in total. The SMILES string of the molecule is CCCC/C=C/CC(=O)NCCNCCCCCCCCO. The Morgan fingerprint density at radius 3 is 2.36 bits per heavy atom. The van der Waals surface area contributed by atoms with Crippen molar-refractivity contribution in [2.75, 3.05) is 26.2 Å². The molecule has 0 fully saturated rings. The van der Waals surface area contributed by atoms with Gasteiger partial charge in [-0.2, -0.15) is 0 Å². The van der Waals surface area contributed by atoms with Crippen LogP contribution in [0.2, 0.25) is 0 Å². The fraction of sp³-hybridized carbons (Fsp3) is 0.833. The normalized spacial score (nSPS) is 11.2. The molecule has 0 aromatic rings. The second-order valence-corrected chi connectivity index (χ2v) is 5.76. The molecule has 0 aliphatic rings. The lowest BCUT2D eigenvalue weighted by molar-refractivity contribution is -0.120. The lowest BCUT2D eigenvalue weighted by atomic mass is 10.1. The van der Waals surface area contributed by atoms with Crippen LogP contribution in [-0.2, 0) is 4.79 Å². The van der Waals surface area contributed by atoms with E-state index in [0.717, 1.165) is 32.4 Å². The highest BCUT2D eigenvalue weighted by Crippen LogP contribution is 2.04. The van der Waals surface area contributed by atoms with Gasteiger partial charge in [-0.15, -0.1) is 0 Å². The molecule has 0 aromatic heterocycles. The van der Waals surface area contributed by atoms with Gasteiger partial charge in [-0.1, -0.05) is 57.6 Å². The number of allylic oxidation sites excluding steroid dienone is 1. The molecule has 4 heteroatoms. The highest BCUT2D eigenvalue weighted by molar-refractivity contribution is 5.77. The predicted octanol–water partition coefficient (Wildman–Crippen LogP) is 3.16. The first-order valence-corrected chi connectivity index (χ1v) is 9.04. The van der Waals surface area contributed by atoms with Crippen molar-refractivity contribution < 1.29 is 9.90 Å². The van der Waals surface area contributed by atoms with E-state index in [-0.39, 0.29) is 5.91 Å². The van der Waals surface area contributed by atoms with Crippen molar-refractivity contribution in [2.45, 2.75) is 71.1 Å². The van der Waals surface area contributed by atoms with E-state index in [4.69, 9.17) is 5.11 Å². The third-order valence-electron chi connectivity index (χ3n) is 3.58. The topological polar surface area (TPSA) is 61.4 Å². The first-order valence-electron chi connectivity index (χ1n) is 9.04. The molecular weight excluding hydrogens is 276 g/mol. The highest BCUT2D eigenvalue weighted by atomic mass is 16.2. The number of aliphatic hydroxyl groups is 1. The minimum absolute atomic E-state index is 0.110. The minimum Gasteiger partial charge on any atom is -0.396 e. The maximum Gasteiger partial charge on any atom is 0.223 e. The number of nitrogens with one attached hydrogen (secondary N) is 2. The molecule has 0 aliphatic heterocycles. The van der Waals surface area contributed by atoms with Gasteiger partial charge in [0.15, 0.2) is 0 Å². The van der Waals surface area contributed by atoms with E-state index in [0.29, 0.717) is 19.6 Å². The lowest BCUT2D eigenvalue weighted by Crippen LogP contribution is -2.31. The summed E-state index contributed by atoms with van der Waals surface area (Å²) in [6, 6.07) is 0. The van der Waals surface area contributed by atoms with Crippen LogP contribution in [0.4, 0.5) is 0 Å². The molecule has 0 saturated heterocycles. The average Bonchev–Trinajstić information content (AvgIpc) is 2.52. The Labute approximate surface area is 136 Å². The molecule has 0 atom stereocenters. The van der Waals surface area contributed by atoms with Crippen LogP contribution in [0.3, 0.4) is 0 Å². The van der Waals surface area contributed by atoms with Crippen LogP contribution in [-0.4, -0.2) is 37.3 Å². The molecule has 0 spiro atoms. The predicted molar refractivity (Wildman–Crippen MR) is 93.9 cm³/mol. The summed E-state index contributed by atoms with van der Waals surface area (Å²) < 4.78 is 0. The van der Waals surface area contributed by atoms with Crippen LogP contribution >= 0.6 is 0 Å². The molecule has 0 radical (unpaired) electrons. The van der Waals surface area contributed by atoms with E-state index in [9.17, 15) is 4.79 Å². The zero-order valence-corrected chi connectivity index (χ0v) is 14.4. The summed E-state index contributed by atoms with van der Waals surface area (Å²) in [7, 11) is 0. The molecule has 0 aliphatic carbocycles. The molecule has 22 heavy (non-hydrogen) atoms. The van der Waals surface area contributed by atoms with Crippen LogP contribution < -0.4 is 10.6 Å². The first kappa shape index (κ1) is 21.1. The van der Waals surface area contributed by atoms with Gasteiger partial charge < -0.3 is 15.7 Å². The number of carbonyl (C=O) groups excluding carboxylic acids is 1. The maximum atomic E-state index is 11.5. The minimum atomic E-state index is 0.110. The molecule has 0 unspecified atom stereocenters. The fourth-order valence-corrected chi connectivity index (χ4v) is 2.19. The Kier molecular flexibility index (Phi) is 17.5. The number of hydrogen-bond donors (Lipinski definition) is 3. The molecule has 1 amide bonds. The smallest absolute Gasteiger partial charge is 0.223 e. The van der Waals surface area contributed by atoms with E-state index < -0.39 is 0 Å². The average molecular weight is 312 g/mol. The number of amides is 1. The third-order valence-corrected chi connectivity index (χ3v) is 3.58. The van der Waals surface area contributed by atoms with E-state index in [1.807, 2.05) is 6.08 Å². The summed E-state index contributed by atoms with van der Waals surface area (Å²) in [6.07, 6.45) is 15.0. The monoisotopic (exact) mass is 312 g/mol. The number of aliphatic hydroxyl groups excluding tert-OH is 1. The molecular formula is C18H36N2O2. The van der Waals surface area contributed by atoms with E-state index >= 15 is 0 Å². The van der Waals surface area contributed by atoms with Gasteiger partial charge >= 0.3 is 0 Å². The van der Waals surface area contributed by atoms with Crippen LogP contribution in [0.1, 0.15) is 71.1 Å². The van der Waals surface area contributed by atoms with Gasteiger partial charge in [-0.25, -0.2) is 0 Å². The summed E-state index contributed by atoms with van der Waals surface area (Å²) >= 11 is 0. The van der Waals surface area contributed by atoms with Crippen molar-refractivity contribution in [3.63, 3.8) is 0 Å². The summed E-state index contributed by atoms with van der Waals surface area (Å²) in [5, 5.41) is 14.9. The van der Waals surface area contributed by atoms with Crippen molar-refractivity contribution in [2.24, 2.45) is 0 Å². The number of carbonyl (C=O) groups is 1. The molecule has 0 aromatic carbocycles. The molecule has 0 saturated carbocycles. The van der Waals surface area contributed by atoms with Crippen molar-refractivity contribution in [1.82, 2.24) is 10.6 Å². The van der Waals surface area contributed by atoms with Crippen LogP contribution in [0.25, 0.3) is 0 Å².